The summed E-state index contributed by atoms with van der Waals surface area (Å²) in [5.74, 6) is 2.08. The number of fused-ring (bicyclic) bond motifs is 3. The molecule has 0 unspecified atom stereocenters. The number of hydrogen-bond acceptors (Lipinski definition) is 6. The second kappa shape index (κ2) is 7.89. The van der Waals surface area contributed by atoms with E-state index in [0.29, 0.717) is 42.1 Å². The Hall–Kier alpha value is -3.64. The summed E-state index contributed by atoms with van der Waals surface area (Å²) in [4.78, 5) is 19.9. The lowest BCUT2D eigenvalue weighted by atomic mass is 10.0. The Labute approximate surface area is 179 Å². The van der Waals surface area contributed by atoms with Crippen LogP contribution in [0.2, 0.25) is 0 Å². The van der Waals surface area contributed by atoms with Crippen molar-refractivity contribution in [1.29, 1.82) is 0 Å². The second-order valence-corrected chi connectivity index (χ2v) is 7.59. The van der Waals surface area contributed by atoms with Crippen LogP contribution in [0, 0.1) is 6.92 Å². The number of hydrogen-bond donors (Lipinski definition) is 0. The molecule has 31 heavy (non-hydrogen) atoms. The molecule has 0 saturated heterocycles. The van der Waals surface area contributed by atoms with Crippen molar-refractivity contribution >= 4 is 11.0 Å². The Balaban J connectivity index is 1.56. The van der Waals surface area contributed by atoms with Gasteiger partial charge in [-0.05, 0) is 48.9 Å². The van der Waals surface area contributed by atoms with Crippen molar-refractivity contribution in [2.24, 2.45) is 0 Å². The molecule has 0 spiro atoms. The molecule has 1 aliphatic rings. The molecule has 4 aromatic rings. The molecule has 0 bridgehead atoms. The van der Waals surface area contributed by atoms with E-state index in [1.165, 1.54) is 0 Å². The maximum atomic E-state index is 13.4. The molecular formula is C25H22N2O4. The minimum atomic E-state index is -0.0476. The molecule has 1 aliphatic heterocycles. The summed E-state index contributed by atoms with van der Waals surface area (Å²) in [7, 11) is 1.62. The van der Waals surface area contributed by atoms with E-state index in [9.17, 15) is 4.79 Å². The van der Waals surface area contributed by atoms with Crippen LogP contribution in [-0.4, -0.2) is 23.7 Å². The lowest BCUT2D eigenvalue weighted by Crippen LogP contribution is -2.32. The van der Waals surface area contributed by atoms with Crippen molar-refractivity contribution in [3.8, 4) is 22.6 Å². The van der Waals surface area contributed by atoms with Crippen LogP contribution < -0.4 is 14.9 Å². The van der Waals surface area contributed by atoms with Crippen molar-refractivity contribution < 1.29 is 13.9 Å². The van der Waals surface area contributed by atoms with Crippen molar-refractivity contribution in [3.63, 3.8) is 0 Å². The fourth-order valence-electron chi connectivity index (χ4n) is 4.03. The monoisotopic (exact) mass is 414 g/mol. The first-order valence-corrected chi connectivity index (χ1v) is 10.1. The number of nitrogens with zero attached hydrogens (tertiary/aromatic N) is 2. The number of ether oxygens (including phenoxy) is 2. The van der Waals surface area contributed by atoms with Gasteiger partial charge in [-0.3, -0.25) is 14.7 Å². The second-order valence-electron chi connectivity index (χ2n) is 7.59. The molecule has 0 saturated carbocycles. The summed E-state index contributed by atoms with van der Waals surface area (Å²) in [5.41, 5.74) is 3.77. The highest BCUT2D eigenvalue weighted by atomic mass is 16.5. The number of benzene rings is 2. The van der Waals surface area contributed by atoms with E-state index in [4.69, 9.17) is 13.9 Å². The van der Waals surface area contributed by atoms with Crippen LogP contribution >= 0.6 is 0 Å². The molecule has 0 fully saturated rings. The zero-order chi connectivity index (χ0) is 21.4. The standard InChI is InChI=1S/C25H22N2O4/c1-16-23(17-6-8-19(29-2)9-7-17)24(28)20-10-11-22-21(25(20)31-16)14-27(15-30-22)13-18-5-3-4-12-26-18/h3-12H,13-15H2,1-2H3. The van der Waals surface area contributed by atoms with Crippen LogP contribution in [0.4, 0.5) is 0 Å². The molecule has 6 nitrogen and oxygen atoms in total. The van der Waals surface area contributed by atoms with E-state index >= 15 is 0 Å². The first-order valence-electron chi connectivity index (χ1n) is 10.1. The van der Waals surface area contributed by atoms with E-state index in [1.807, 2.05) is 55.5 Å². The van der Waals surface area contributed by atoms with E-state index in [2.05, 4.69) is 9.88 Å². The minimum absolute atomic E-state index is 0.0476. The summed E-state index contributed by atoms with van der Waals surface area (Å²) < 4.78 is 17.4. The van der Waals surface area contributed by atoms with Crippen molar-refractivity contribution in [3.05, 3.63) is 88.0 Å². The zero-order valence-corrected chi connectivity index (χ0v) is 17.4. The number of pyridine rings is 1. The fraction of sp³-hybridized carbons (Fsp3) is 0.200. The van der Waals surface area contributed by atoms with Crippen LogP contribution in [0.15, 0.2) is 70.0 Å². The summed E-state index contributed by atoms with van der Waals surface area (Å²) in [6, 6.07) is 16.9. The molecule has 5 rings (SSSR count). The molecule has 156 valence electrons. The first-order chi connectivity index (χ1) is 15.1. The molecule has 2 aromatic carbocycles. The molecule has 2 aromatic heterocycles. The third-order valence-corrected chi connectivity index (χ3v) is 5.57. The van der Waals surface area contributed by atoms with Gasteiger partial charge in [-0.2, -0.15) is 0 Å². The molecule has 0 radical (unpaired) electrons. The lowest BCUT2D eigenvalue weighted by Gasteiger charge is -2.29. The number of rotatable bonds is 4. The summed E-state index contributed by atoms with van der Waals surface area (Å²) >= 11 is 0. The molecular weight excluding hydrogens is 392 g/mol. The van der Waals surface area contributed by atoms with Crippen molar-refractivity contribution in [2.75, 3.05) is 13.8 Å². The molecule has 0 amide bonds. The van der Waals surface area contributed by atoms with Crippen LogP contribution in [0.25, 0.3) is 22.1 Å². The average molecular weight is 414 g/mol. The topological polar surface area (TPSA) is 64.8 Å². The normalized spacial score (nSPS) is 13.6. The third-order valence-electron chi connectivity index (χ3n) is 5.57. The van der Waals surface area contributed by atoms with Gasteiger partial charge in [-0.25, -0.2) is 0 Å². The van der Waals surface area contributed by atoms with Gasteiger partial charge in [-0.1, -0.05) is 18.2 Å². The Morgan fingerprint density at radius 3 is 2.68 bits per heavy atom. The van der Waals surface area contributed by atoms with Crippen LogP contribution in [0.5, 0.6) is 11.5 Å². The van der Waals surface area contributed by atoms with E-state index in [-0.39, 0.29) is 5.43 Å². The van der Waals surface area contributed by atoms with Gasteiger partial charge in [0.15, 0.2) is 0 Å². The van der Waals surface area contributed by atoms with E-state index in [1.54, 1.807) is 19.4 Å². The van der Waals surface area contributed by atoms with Gasteiger partial charge in [-0.15, -0.1) is 0 Å². The van der Waals surface area contributed by atoms with Gasteiger partial charge in [0, 0.05) is 19.3 Å². The number of aryl methyl sites for hydroxylation is 1. The Kier molecular flexibility index (Phi) is 4.92. The Morgan fingerprint density at radius 2 is 1.94 bits per heavy atom. The highest BCUT2D eigenvalue weighted by Gasteiger charge is 2.24. The summed E-state index contributed by atoms with van der Waals surface area (Å²) in [6.45, 7) is 3.56. The summed E-state index contributed by atoms with van der Waals surface area (Å²) in [6.07, 6.45) is 1.78. The van der Waals surface area contributed by atoms with Gasteiger partial charge in [0.25, 0.3) is 0 Å². The van der Waals surface area contributed by atoms with Crippen LogP contribution in [0.3, 0.4) is 0 Å². The molecule has 0 N–H and O–H groups in total. The van der Waals surface area contributed by atoms with Crippen LogP contribution in [-0.2, 0) is 13.1 Å². The Morgan fingerprint density at radius 1 is 1.10 bits per heavy atom. The number of methoxy groups -OCH3 is 1. The van der Waals surface area contributed by atoms with E-state index in [0.717, 1.165) is 28.3 Å². The van der Waals surface area contributed by atoms with Gasteiger partial charge < -0.3 is 13.9 Å². The highest BCUT2D eigenvalue weighted by Crippen LogP contribution is 2.34. The first kappa shape index (κ1) is 19.3. The quantitative estimate of drug-likeness (QED) is 0.489. The van der Waals surface area contributed by atoms with Crippen LogP contribution in [0.1, 0.15) is 17.0 Å². The van der Waals surface area contributed by atoms with Crippen molar-refractivity contribution in [1.82, 2.24) is 9.88 Å². The van der Waals surface area contributed by atoms with Gasteiger partial charge in [0.2, 0.25) is 5.43 Å². The summed E-state index contributed by atoms with van der Waals surface area (Å²) in [5, 5.41) is 0.554. The molecule has 0 aliphatic carbocycles. The predicted molar refractivity (Wildman–Crippen MR) is 118 cm³/mol. The fourth-order valence-corrected chi connectivity index (χ4v) is 4.03. The zero-order valence-electron chi connectivity index (χ0n) is 17.4. The largest absolute Gasteiger partial charge is 0.497 e. The maximum absolute atomic E-state index is 13.4. The molecule has 3 heterocycles. The molecule has 0 atom stereocenters. The maximum Gasteiger partial charge on any atom is 0.200 e. The predicted octanol–water partition coefficient (Wildman–Crippen LogP) is 4.52. The van der Waals surface area contributed by atoms with Gasteiger partial charge >= 0.3 is 0 Å². The Bertz CT molecular complexity index is 1300. The van der Waals surface area contributed by atoms with Gasteiger partial charge in [0.1, 0.15) is 29.6 Å². The minimum Gasteiger partial charge on any atom is -0.497 e. The lowest BCUT2D eigenvalue weighted by molar-refractivity contribution is 0.0878. The number of aromatic nitrogens is 1. The van der Waals surface area contributed by atoms with Crippen molar-refractivity contribution in [2.45, 2.75) is 20.0 Å². The van der Waals surface area contributed by atoms with Gasteiger partial charge in [0.05, 0.1) is 29.3 Å². The molecule has 6 heteroatoms. The average Bonchev–Trinajstić information content (AvgIpc) is 2.80. The van der Waals surface area contributed by atoms with E-state index < -0.39 is 0 Å². The highest BCUT2D eigenvalue weighted by molar-refractivity contribution is 5.86. The smallest absolute Gasteiger partial charge is 0.200 e. The third kappa shape index (κ3) is 3.55. The SMILES string of the molecule is COc1ccc(-c2c(C)oc3c4c(ccc3c2=O)OCN(Cc2ccccn2)C4)cc1.